The van der Waals surface area contributed by atoms with E-state index in [1.165, 1.54) is 6.07 Å². The van der Waals surface area contributed by atoms with Crippen LogP contribution in [-0.2, 0) is 10.4 Å². The summed E-state index contributed by atoms with van der Waals surface area (Å²) in [6.45, 7) is 0. The van der Waals surface area contributed by atoms with Crippen LogP contribution in [0.4, 0.5) is 0 Å². The monoisotopic (exact) mass is 263 g/mol. The fourth-order valence-electron chi connectivity index (χ4n) is 1.34. The normalized spacial score (nSPS) is 10.8. The van der Waals surface area contributed by atoms with Crippen molar-refractivity contribution in [1.29, 1.82) is 0 Å². The summed E-state index contributed by atoms with van der Waals surface area (Å²) in [5.74, 6) is 0.0937. The molecular formula is C10H8KO4S. The Hall–Kier alpha value is 0.0464. The zero-order valence-electron chi connectivity index (χ0n) is 8.62. The Kier molecular flexibility index (Phi) is 4.93. The Morgan fingerprint density at radius 2 is 1.62 bits per heavy atom. The van der Waals surface area contributed by atoms with E-state index in [1.807, 2.05) is 24.3 Å². The van der Waals surface area contributed by atoms with Gasteiger partial charge in [-0.1, -0.05) is 30.3 Å². The van der Waals surface area contributed by atoms with Crippen molar-refractivity contribution in [2.75, 3.05) is 0 Å². The van der Waals surface area contributed by atoms with Gasteiger partial charge < -0.3 is 4.18 Å². The molecule has 0 amide bonds. The van der Waals surface area contributed by atoms with Gasteiger partial charge in [-0.2, -0.15) is 8.42 Å². The molecule has 0 saturated heterocycles. The van der Waals surface area contributed by atoms with Crippen molar-refractivity contribution in [3.8, 4) is 5.75 Å². The van der Waals surface area contributed by atoms with Crippen molar-refractivity contribution in [2.45, 2.75) is 0 Å². The van der Waals surface area contributed by atoms with Crippen LogP contribution in [0, 0.1) is 0 Å². The van der Waals surface area contributed by atoms with Crippen LogP contribution in [-0.4, -0.2) is 64.4 Å². The zero-order valence-corrected chi connectivity index (χ0v) is 12.6. The molecule has 79 valence electrons. The molecule has 1 radical (unpaired) electrons. The fraction of sp³-hybridized carbons (Fsp3) is 0. The van der Waals surface area contributed by atoms with E-state index in [-0.39, 0.29) is 57.1 Å². The molecule has 0 aliphatic rings. The molecule has 2 rings (SSSR count). The largest absolute Gasteiger partial charge is 0.446 e. The van der Waals surface area contributed by atoms with Gasteiger partial charge in [-0.3, -0.25) is 4.55 Å². The number of hydrogen-bond donors (Lipinski definition) is 1. The van der Waals surface area contributed by atoms with Crippen LogP contribution in [0.5, 0.6) is 5.75 Å². The van der Waals surface area contributed by atoms with E-state index >= 15 is 0 Å². The van der Waals surface area contributed by atoms with Crippen LogP contribution < -0.4 is 4.18 Å². The van der Waals surface area contributed by atoms with Gasteiger partial charge in [-0.05, 0) is 22.9 Å². The van der Waals surface area contributed by atoms with E-state index in [4.69, 9.17) is 4.55 Å². The molecule has 0 atom stereocenters. The van der Waals surface area contributed by atoms with Crippen LogP contribution >= 0.6 is 0 Å². The summed E-state index contributed by atoms with van der Waals surface area (Å²) in [6.07, 6.45) is 0. The molecule has 0 aromatic heterocycles. The van der Waals surface area contributed by atoms with E-state index in [9.17, 15) is 8.42 Å². The molecule has 0 aliphatic carbocycles. The molecular weight excluding hydrogens is 255 g/mol. The first-order chi connectivity index (χ1) is 7.04. The van der Waals surface area contributed by atoms with Crippen molar-refractivity contribution in [1.82, 2.24) is 0 Å². The van der Waals surface area contributed by atoms with Crippen LogP contribution in [0.3, 0.4) is 0 Å². The van der Waals surface area contributed by atoms with Crippen LogP contribution in [0.15, 0.2) is 42.5 Å². The Balaban J connectivity index is 0.00000128. The molecule has 4 nitrogen and oxygen atoms in total. The third-order valence-corrected chi connectivity index (χ3v) is 2.33. The maximum atomic E-state index is 10.5. The Morgan fingerprint density at radius 3 is 2.25 bits per heavy atom. The second-order valence-electron chi connectivity index (χ2n) is 3.02. The predicted octanol–water partition coefficient (Wildman–Crippen LogP) is 1.64. The van der Waals surface area contributed by atoms with Gasteiger partial charge in [0.25, 0.3) is 0 Å². The minimum absolute atomic E-state index is 0. The van der Waals surface area contributed by atoms with Crippen molar-refractivity contribution >= 4 is 72.6 Å². The summed E-state index contributed by atoms with van der Waals surface area (Å²) < 4.78 is 33.8. The van der Waals surface area contributed by atoms with Gasteiger partial charge in [0.05, 0.1) is 0 Å². The van der Waals surface area contributed by atoms with Crippen LogP contribution in [0.25, 0.3) is 10.8 Å². The maximum absolute atomic E-state index is 10.5. The Morgan fingerprint density at radius 1 is 1.00 bits per heavy atom. The molecule has 0 fully saturated rings. The van der Waals surface area contributed by atoms with Gasteiger partial charge >= 0.3 is 10.4 Å². The van der Waals surface area contributed by atoms with Crippen molar-refractivity contribution in [3.05, 3.63) is 42.5 Å². The second kappa shape index (κ2) is 5.59. The second-order valence-corrected chi connectivity index (χ2v) is 4.04. The molecule has 0 bridgehead atoms. The van der Waals surface area contributed by atoms with E-state index in [1.54, 1.807) is 12.1 Å². The third-order valence-electron chi connectivity index (χ3n) is 1.92. The molecule has 0 saturated carbocycles. The smallest absolute Gasteiger partial charge is 0.362 e. The molecule has 1 N–H and O–H groups in total. The number of fused-ring (bicyclic) bond motifs is 1. The molecule has 2 aromatic rings. The summed E-state index contributed by atoms with van der Waals surface area (Å²) in [5, 5.41) is 1.82. The molecule has 6 heteroatoms. The molecule has 2 aromatic carbocycles. The first kappa shape index (κ1) is 14.1. The van der Waals surface area contributed by atoms with E-state index in [0.717, 1.165) is 10.8 Å². The molecule has 0 aliphatic heterocycles. The van der Waals surface area contributed by atoms with Crippen LogP contribution in [0.2, 0.25) is 0 Å². The maximum Gasteiger partial charge on any atom is 0.446 e. The summed E-state index contributed by atoms with van der Waals surface area (Å²) in [4.78, 5) is 0. The van der Waals surface area contributed by atoms with Crippen molar-refractivity contribution in [3.63, 3.8) is 0 Å². The summed E-state index contributed by atoms with van der Waals surface area (Å²) >= 11 is 0. The predicted molar refractivity (Wildman–Crippen MR) is 61.9 cm³/mol. The van der Waals surface area contributed by atoms with Gasteiger partial charge in [-0.15, -0.1) is 0 Å². The van der Waals surface area contributed by atoms with Gasteiger partial charge in [0.2, 0.25) is 0 Å². The summed E-state index contributed by atoms with van der Waals surface area (Å²) in [7, 11) is -4.45. The van der Waals surface area contributed by atoms with E-state index in [2.05, 4.69) is 4.18 Å². The van der Waals surface area contributed by atoms with Crippen LogP contribution in [0.1, 0.15) is 0 Å². The minimum Gasteiger partial charge on any atom is -0.362 e. The third kappa shape index (κ3) is 3.81. The topological polar surface area (TPSA) is 63.6 Å². The van der Waals surface area contributed by atoms with Gasteiger partial charge in [0.15, 0.2) is 0 Å². The fourth-order valence-corrected chi connectivity index (χ4v) is 1.69. The standard InChI is InChI=1S/C10H8O4S.K/c11-15(12,13)14-10-6-5-8-3-1-2-4-9(8)7-10;/h1-7H,(H,11,12,13);. The zero-order chi connectivity index (χ0) is 10.9. The molecule has 0 heterocycles. The molecule has 16 heavy (non-hydrogen) atoms. The van der Waals surface area contributed by atoms with Crippen molar-refractivity contribution in [2.24, 2.45) is 0 Å². The number of hydrogen-bond acceptors (Lipinski definition) is 3. The first-order valence-corrected chi connectivity index (χ1v) is 5.57. The Labute approximate surface area is 136 Å². The average molecular weight is 263 g/mol. The minimum atomic E-state index is -4.45. The van der Waals surface area contributed by atoms with Gasteiger partial charge in [0.1, 0.15) is 5.75 Å². The molecule has 0 spiro atoms. The average Bonchev–Trinajstić information content (AvgIpc) is 2.15. The first-order valence-electron chi connectivity index (χ1n) is 4.20. The van der Waals surface area contributed by atoms with Gasteiger partial charge in [0, 0.05) is 51.4 Å². The molecule has 0 unspecified atom stereocenters. The van der Waals surface area contributed by atoms with Gasteiger partial charge in [-0.25, -0.2) is 0 Å². The van der Waals surface area contributed by atoms with E-state index in [0.29, 0.717) is 0 Å². The quantitative estimate of drug-likeness (QED) is 0.661. The number of benzene rings is 2. The SMILES string of the molecule is O=S(=O)(O)Oc1ccc2ccccc2c1.[K]. The summed E-state index contributed by atoms with van der Waals surface area (Å²) in [5.41, 5.74) is 0. The van der Waals surface area contributed by atoms with Crippen molar-refractivity contribution < 1.29 is 17.2 Å². The van der Waals surface area contributed by atoms with E-state index < -0.39 is 10.4 Å². The Bertz CT molecular complexity index is 595. The number of rotatable bonds is 2. The summed E-state index contributed by atoms with van der Waals surface area (Å²) in [6, 6.07) is 12.2.